The van der Waals surface area contributed by atoms with E-state index in [-0.39, 0.29) is 0 Å². The highest BCUT2D eigenvalue weighted by atomic mass is 32.1. The average Bonchev–Trinajstić information content (AvgIpc) is 3.09. The van der Waals surface area contributed by atoms with Gasteiger partial charge in [-0.3, -0.25) is 0 Å². The predicted molar refractivity (Wildman–Crippen MR) is 101 cm³/mol. The summed E-state index contributed by atoms with van der Waals surface area (Å²) in [6, 6.07) is 16.1. The third-order valence-electron chi connectivity index (χ3n) is 3.81. The van der Waals surface area contributed by atoms with Crippen LogP contribution in [-0.4, -0.2) is 30.1 Å². The van der Waals surface area contributed by atoms with Crippen molar-refractivity contribution < 1.29 is 9.47 Å². The fraction of sp³-hybridized carbons (Fsp3) is 0.263. The standard InChI is InChI=1S/C19H21N3O2S/c1-23-16-8-6-14(7-9-16)10-11-20-19-21-18(22-25-19)13-15-4-3-5-17(12-15)24-2/h3-9,12H,10-11,13H2,1-2H3,(H,20,21,22). The molecule has 0 spiro atoms. The van der Waals surface area contributed by atoms with Crippen molar-refractivity contribution in [3.63, 3.8) is 0 Å². The Balaban J connectivity index is 1.51. The second-order valence-corrected chi connectivity index (χ2v) is 6.32. The van der Waals surface area contributed by atoms with Crippen molar-refractivity contribution in [2.24, 2.45) is 0 Å². The zero-order valence-corrected chi connectivity index (χ0v) is 15.2. The molecule has 1 N–H and O–H groups in total. The predicted octanol–water partition coefficient (Wildman–Crippen LogP) is 3.80. The van der Waals surface area contributed by atoms with Crippen molar-refractivity contribution in [3.8, 4) is 11.5 Å². The maximum Gasteiger partial charge on any atom is 0.202 e. The average molecular weight is 355 g/mol. The Morgan fingerprint density at radius 2 is 1.76 bits per heavy atom. The second kappa shape index (κ2) is 8.48. The SMILES string of the molecule is COc1ccc(CCNc2nc(Cc3cccc(OC)c3)ns2)cc1. The van der Waals surface area contributed by atoms with Crippen LogP contribution in [0.25, 0.3) is 0 Å². The van der Waals surface area contributed by atoms with E-state index in [1.807, 2.05) is 30.3 Å². The van der Waals surface area contributed by atoms with Crippen LogP contribution < -0.4 is 14.8 Å². The van der Waals surface area contributed by atoms with E-state index in [9.17, 15) is 0 Å². The molecule has 0 bridgehead atoms. The number of ether oxygens (including phenoxy) is 2. The van der Waals surface area contributed by atoms with E-state index in [1.54, 1.807) is 14.2 Å². The summed E-state index contributed by atoms with van der Waals surface area (Å²) in [6.07, 6.45) is 1.63. The highest BCUT2D eigenvalue weighted by Gasteiger charge is 2.06. The van der Waals surface area contributed by atoms with E-state index in [2.05, 4.69) is 32.9 Å². The summed E-state index contributed by atoms with van der Waals surface area (Å²) < 4.78 is 14.8. The van der Waals surface area contributed by atoms with Gasteiger partial charge in [-0.25, -0.2) is 4.98 Å². The van der Waals surface area contributed by atoms with Crippen LogP contribution in [0.5, 0.6) is 11.5 Å². The molecule has 0 aliphatic carbocycles. The first kappa shape index (κ1) is 17.2. The highest BCUT2D eigenvalue weighted by Crippen LogP contribution is 2.18. The van der Waals surface area contributed by atoms with E-state index >= 15 is 0 Å². The Hall–Kier alpha value is -2.60. The summed E-state index contributed by atoms with van der Waals surface area (Å²) in [6.45, 7) is 0.820. The summed E-state index contributed by atoms with van der Waals surface area (Å²) in [7, 11) is 3.35. The molecular weight excluding hydrogens is 334 g/mol. The Morgan fingerprint density at radius 1 is 0.960 bits per heavy atom. The molecule has 5 nitrogen and oxygen atoms in total. The molecule has 1 aromatic heterocycles. The third kappa shape index (κ3) is 4.93. The van der Waals surface area contributed by atoms with E-state index in [4.69, 9.17) is 9.47 Å². The van der Waals surface area contributed by atoms with Gasteiger partial charge in [-0.2, -0.15) is 4.37 Å². The van der Waals surface area contributed by atoms with Gasteiger partial charge in [-0.1, -0.05) is 24.3 Å². The molecule has 3 aromatic rings. The number of nitrogens with zero attached hydrogens (tertiary/aromatic N) is 2. The lowest BCUT2D eigenvalue weighted by Crippen LogP contribution is -2.04. The Bertz CT molecular complexity index is 802. The molecule has 1 heterocycles. The summed E-state index contributed by atoms with van der Waals surface area (Å²) in [5.74, 6) is 2.55. The molecule has 0 aliphatic rings. The normalized spacial score (nSPS) is 10.5. The first-order chi connectivity index (χ1) is 12.3. The molecule has 0 fully saturated rings. The van der Waals surface area contributed by atoms with Gasteiger partial charge < -0.3 is 14.8 Å². The smallest absolute Gasteiger partial charge is 0.202 e. The lowest BCUT2D eigenvalue weighted by molar-refractivity contribution is 0.414. The van der Waals surface area contributed by atoms with Crippen molar-refractivity contribution in [1.29, 1.82) is 0 Å². The van der Waals surface area contributed by atoms with Crippen LogP contribution in [0.2, 0.25) is 0 Å². The number of anilines is 1. The van der Waals surface area contributed by atoms with Gasteiger partial charge in [0.1, 0.15) is 17.3 Å². The lowest BCUT2D eigenvalue weighted by atomic mass is 10.1. The first-order valence-electron chi connectivity index (χ1n) is 8.09. The largest absolute Gasteiger partial charge is 0.497 e. The Morgan fingerprint density at radius 3 is 2.52 bits per heavy atom. The highest BCUT2D eigenvalue weighted by molar-refractivity contribution is 7.09. The van der Waals surface area contributed by atoms with Gasteiger partial charge in [-0.15, -0.1) is 0 Å². The van der Waals surface area contributed by atoms with Crippen molar-refractivity contribution in [3.05, 3.63) is 65.5 Å². The van der Waals surface area contributed by atoms with Gasteiger partial charge in [0.25, 0.3) is 0 Å². The second-order valence-electron chi connectivity index (χ2n) is 5.57. The molecule has 0 saturated carbocycles. The lowest BCUT2D eigenvalue weighted by Gasteiger charge is -2.04. The van der Waals surface area contributed by atoms with E-state index in [0.29, 0.717) is 6.42 Å². The van der Waals surface area contributed by atoms with E-state index < -0.39 is 0 Å². The molecule has 25 heavy (non-hydrogen) atoms. The van der Waals surface area contributed by atoms with Crippen LogP contribution in [0.4, 0.5) is 5.13 Å². The van der Waals surface area contributed by atoms with Gasteiger partial charge in [0.15, 0.2) is 0 Å². The minimum Gasteiger partial charge on any atom is -0.497 e. The minimum absolute atomic E-state index is 0.702. The van der Waals surface area contributed by atoms with Gasteiger partial charge in [0.2, 0.25) is 5.13 Å². The minimum atomic E-state index is 0.702. The molecule has 6 heteroatoms. The molecule has 0 amide bonds. The zero-order chi connectivity index (χ0) is 17.5. The fourth-order valence-corrected chi connectivity index (χ4v) is 3.08. The van der Waals surface area contributed by atoms with Crippen LogP contribution in [0.3, 0.4) is 0 Å². The number of aromatic nitrogens is 2. The molecule has 0 aliphatic heterocycles. The van der Waals surface area contributed by atoms with Crippen molar-refractivity contribution in [2.75, 3.05) is 26.1 Å². The maximum atomic E-state index is 5.25. The summed E-state index contributed by atoms with van der Waals surface area (Å²) in [5.41, 5.74) is 2.40. The van der Waals surface area contributed by atoms with Gasteiger partial charge in [-0.05, 0) is 41.8 Å². The topological polar surface area (TPSA) is 56.3 Å². The van der Waals surface area contributed by atoms with Crippen LogP contribution >= 0.6 is 11.5 Å². The number of benzene rings is 2. The molecular formula is C19H21N3O2S. The van der Waals surface area contributed by atoms with Crippen LogP contribution in [-0.2, 0) is 12.8 Å². The number of methoxy groups -OCH3 is 2. The summed E-state index contributed by atoms with van der Waals surface area (Å²) in [5, 5.41) is 4.19. The summed E-state index contributed by atoms with van der Waals surface area (Å²) >= 11 is 1.40. The van der Waals surface area contributed by atoms with Crippen molar-refractivity contribution in [1.82, 2.24) is 9.36 Å². The molecule has 0 saturated heterocycles. The van der Waals surface area contributed by atoms with Crippen LogP contribution in [0.1, 0.15) is 17.0 Å². The van der Waals surface area contributed by atoms with Crippen LogP contribution in [0, 0.1) is 0 Å². The molecule has 2 aromatic carbocycles. The third-order valence-corrected chi connectivity index (χ3v) is 4.52. The van der Waals surface area contributed by atoms with Gasteiger partial charge >= 0.3 is 0 Å². The number of rotatable bonds is 8. The molecule has 3 rings (SSSR count). The number of nitrogens with one attached hydrogen (secondary N) is 1. The number of hydrogen-bond acceptors (Lipinski definition) is 6. The molecule has 0 atom stereocenters. The Labute approximate surface area is 151 Å². The van der Waals surface area contributed by atoms with E-state index in [1.165, 1.54) is 17.1 Å². The van der Waals surface area contributed by atoms with Crippen molar-refractivity contribution >= 4 is 16.7 Å². The summed E-state index contributed by atoms with van der Waals surface area (Å²) in [4.78, 5) is 4.56. The quantitative estimate of drug-likeness (QED) is 0.666. The zero-order valence-electron chi connectivity index (χ0n) is 14.4. The first-order valence-corrected chi connectivity index (χ1v) is 8.86. The van der Waals surface area contributed by atoms with Crippen LogP contribution in [0.15, 0.2) is 48.5 Å². The van der Waals surface area contributed by atoms with Gasteiger partial charge in [0, 0.05) is 24.5 Å². The number of hydrogen-bond donors (Lipinski definition) is 1. The Kier molecular flexibility index (Phi) is 5.85. The van der Waals surface area contributed by atoms with Gasteiger partial charge in [0.05, 0.1) is 14.2 Å². The van der Waals surface area contributed by atoms with E-state index in [0.717, 1.165) is 41.0 Å². The fourth-order valence-electron chi connectivity index (χ4n) is 2.47. The molecule has 0 radical (unpaired) electrons. The maximum absolute atomic E-state index is 5.25. The van der Waals surface area contributed by atoms with Crippen molar-refractivity contribution in [2.45, 2.75) is 12.8 Å². The molecule has 130 valence electrons. The monoisotopic (exact) mass is 355 g/mol. The molecule has 0 unspecified atom stereocenters.